The molecule has 1 amide bonds. The number of nitro groups is 1. The van der Waals surface area contributed by atoms with Crippen molar-refractivity contribution in [2.75, 3.05) is 6.54 Å². The smallest absolute Gasteiger partial charge is 0.269 e. The summed E-state index contributed by atoms with van der Waals surface area (Å²) in [7, 11) is 0. The zero-order valence-corrected chi connectivity index (χ0v) is 12.0. The summed E-state index contributed by atoms with van der Waals surface area (Å²) in [6.07, 6.45) is 0.610. The van der Waals surface area contributed by atoms with Gasteiger partial charge in [-0.2, -0.15) is 0 Å². The summed E-state index contributed by atoms with van der Waals surface area (Å²) < 4.78 is 0. The fourth-order valence-electron chi connectivity index (χ4n) is 1.87. The van der Waals surface area contributed by atoms with Gasteiger partial charge in [-0.1, -0.05) is 24.3 Å². The first kappa shape index (κ1) is 15.1. The molecule has 108 valence electrons. The number of benzene rings is 2. The second-order valence-electron chi connectivity index (χ2n) is 4.45. The van der Waals surface area contributed by atoms with Crippen molar-refractivity contribution in [1.29, 1.82) is 0 Å². The van der Waals surface area contributed by atoms with Gasteiger partial charge in [-0.25, -0.2) is 0 Å². The second kappa shape index (κ2) is 6.90. The minimum atomic E-state index is -0.435. The Morgan fingerprint density at radius 3 is 2.43 bits per heavy atom. The van der Waals surface area contributed by atoms with E-state index in [9.17, 15) is 14.9 Å². The van der Waals surface area contributed by atoms with Crippen LogP contribution < -0.4 is 5.32 Å². The number of nitrogens with zero attached hydrogens (tertiary/aromatic N) is 1. The molecule has 0 aliphatic rings. The van der Waals surface area contributed by atoms with E-state index in [4.69, 9.17) is 0 Å². The zero-order valence-electron chi connectivity index (χ0n) is 11.2. The zero-order chi connectivity index (χ0) is 15.2. The van der Waals surface area contributed by atoms with E-state index >= 15 is 0 Å². The van der Waals surface area contributed by atoms with Gasteiger partial charge < -0.3 is 5.32 Å². The number of amides is 1. The van der Waals surface area contributed by atoms with Crippen molar-refractivity contribution < 1.29 is 9.72 Å². The molecular weight excluding hydrogens is 288 g/mol. The molecule has 0 unspecified atom stereocenters. The van der Waals surface area contributed by atoms with Gasteiger partial charge in [0.1, 0.15) is 0 Å². The molecule has 0 atom stereocenters. The van der Waals surface area contributed by atoms with Crippen LogP contribution in [0, 0.1) is 10.1 Å². The molecule has 5 nitrogen and oxygen atoms in total. The average molecular weight is 302 g/mol. The molecule has 2 aromatic carbocycles. The van der Waals surface area contributed by atoms with Crippen LogP contribution in [-0.4, -0.2) is 17.4 Å². The number of nitrogens with one attached hydrogen (secondary N) is 1. The molecular formula is C15H14N2O3S. The fourth-order valence-corrected chi connectivity index (χ4v) is 2.13. The highest BCUT2D eigenvalue weighted by molar-refractivity contribution is 7.80. The Hall–Kier alpha value is -2.34. The largest absolute Gasteiger partial charge is 0.352 e. The Morgan fingerprint density at radius 2 is 1.81 bits per heavy atom. The van der Waals surface area contributed by atoms with Crippen molar-refractivity contribution in [3.63, 3.8) is 0 Å². The number of hydrogen-bond acceptors (Lipinski definition) is 4. The lowest BCUT2D eigenvalue weighted by atomic mass is 10.1. The molecule has 1 N–H and O–H groups in total. The summed E-state index contributed by atoms with van der Waals surface area (Å²) in [5, 5.41) is 13.3. The van der Waals surface area contributed by atoms with Crippen molar-refractivity contribution in [2.24, 2.45) is 0 Å². The van der Waals surface area contributed by atoms with E-state index in [2.05, 4.69) is 17.9 Å². The van der Waals surface area contributed by atoms with Gasteiger partial charge in [0.2, 0.25) is 0 Å². The van der Waals surface area contributed by atoms with Crippen LogP contribution in [0.5, 0.6) is 0 Å². The minimum absolute atomic E-state index is 0.0618. The molecule has 0 aliphatic carbocycles. The summed E-state index contributed by atoms with van der Waals surface area (Å²) in [6.45, 7) is 0.457. The van der Waals surface area contributed by atoms with Crippen LogP contribution in [-0.2, 0) is 6.42 Å². The Kier molecular flexibility index (Phi) is 4.94. The number of hydrogen-bond donors (Lipinski definition) is 2. The topological polar surface area (TPSA) is 72.2 Å². The number of nitro benzene ring substituents is 1. The van der Waals surface area contributed by atoms with Crippen molar-refractivity contribution in [1.82, 2.24) is 5.32 Å². The van der Waals surface area contributed by atoms with Gasteiger partial charge in [-0.15, -0.1) is 12.6 Å². The van der Waals surface area contributed by atoms with Crippen LogP contribution >= 0.6 is 12.6 Å². The lowest BCUT2D eigenvalue weighted by molar-refractivity contribution is -0.384. The number of carbonyl (C=O) groups excluding carboxylic acids is 1. The molecule has 0 spiro atoms. The van der Waals surface area contributed by atoms with Gasteiger partial charge in [0, 0.05) is 23.6 Å². The standard InChI is InChI=1S/C15H14N2O3S/c18-15(13-3-1-2-4-14(13)21)16-10-9-11-5-7-12(8-6-11)17(19)20/h1-8,21H,9-10H2,(H,16,18). The molecule has 0 saturated carbocycles. The van der Waals surface area contributed by atoms with E-state index in [1.54, 1.807) is 30.3 Å². The maximum Gasteiger partial charge on any atom is 0.269 e. The highest BCUT2D eigenvalue weighted by Crippen LogP contribution is 2.13. The molecule has 2 aromatic rings. The Bertz CT molecular complexity index is 656. The van der Waals surface area contributed by atoms with Crippen LogP contribution in [0.2, 0.25) is 0 Å². The predicted octanol–water partition coefficient (Wildman–Crippen LogP) is 2.86. The van der Waals surface area contributed by atoms with Gasteiger partial charge >= 0.3 is 0 Å². The van der Waals surface area contributed by atoms with E-state index in [1.165, 1.54) is 12.1 Å². The summed E-state index contributed by atoms with van der Waals surface area (Å²) >= 11 is 4.23. The Labute approximate surface area is 127 Å². The summed E-state index contributed by atoms with van der Waals surface area (Å²) in [5.41, 5.74) is 1.52. The highest BCUT2D eigenvalue weighted by atomic mass is 32.1. The van der Waals surface area contributed by atoms with Crippen molar-refractivity contribution >= 4 is 24.2 Å². The highest BCUT2D eigenvalue weighted by Gasteiger charge is 2.08. The van der Waals surface area contributed by atoms with Crippen LogP contribution in [0.3, 0.4) is 0 Å². The predicted molar refractivity (Wildman–Crippen MR) is 82.8 cm³/mol. The second-order valence-corrected chi connectivity index (χ2v) is 4.93. The van der Waals surface area contributed by atoms with E-state index in [1.807, 2.05) is 6.07 Å². The Balaban J connectivity index is 1.88. The third kappa shape index (κ3) is 4.06. The normalized spacial score (nSPS) is 10.1. The van der Waals surface area contributed by atoms with E-state index in [0.717, 1.165) is 5.56 Å². The molecule has 0 saturated heterocycles. The molecule has 6 heteroatoms. The third-order valence-corrected chi connectivity index (χ3v) is 3.39. The first-order chi connectivity index (χ1) is 10.1. The van der Waals surface area contributed by atoms with Crippen molar-refractivity contribution in [2.45, 2.75) is 11.3 Å². The molecule has 0 heterocycles. The molecule has 21 heavy (non-hydrogen) atoms. The number of carbonyl (C=O) groups is 1. The molecule has 0 bridgehead atoms. The minimum Gasteiger partial charge on any atom is -0.352 e. The summed E-state index contributed by atoms with van der Waals surface area (Å²) in [6, 6.07) is 13.4. The monoisotopic (exact) mass is 302 g/mol. The van der Waals surface area contributed by atoms with E-state index in [-0.39, 0.29) is 11.6 Å². The van der Waals surface area contributed by atoms with Gasteiger partial charge in [0.25, 0.3) is 11.6 Å². The first-order valence-electron chi connectivity index (χ1n) is 6.37. The van der Waals surface area contributed by atoms with E-state index < -0.39 is 4.92 Å². The maximum atomic E-state index is 11.9. The molecule has 0 radical (unpaired) electrons. The Morgan fingerprint density at radius 1 is 1.14 bits per heavy atom. The quantitative estimate of drug-likeness (QED) is 0.507. The lowest BCUT2D eigenvalue weighted by Crippen LogP contribution is -2.26. The van der Waals surface area contributed by atoms with Gasteiger partial charge in [-0.05, 0) is 24.1 Å². The first-order valence-corrected chi connectivity index (χ1v) is 6.82. The van der Waals surface area contributed by atoms with Gasteiger partial charge in [-0.3, -0.25) is 14.9 Å². The average Bonchev–Trinajstić information content (AvgIpc) is 2.48. The number of rotatable bonds is 5. The van der Waals surface area contributed by atoms with Crippen molar-refractivity contribution in [3.8, 4) is 0 Å². The SMILES string of the molecule is O=C(NCCc1ccc([N+](=O)[O-])cc1)c1ccccc1S. The van der Waals surface area contributed by atoms with Gasteiger partial charge in [0.15, 0.2) is 0 Å². The summed E-state index contributed by atoms with van der Waals surface area (Å²) in [4.78, 5) is 22.7. The summed E-state index contributed by atoms with van der Waals surface area (Å²) in [5.74, 6) is -0.178. The van der Waals surface area contributed by atoms with Gasteiger partial charge in [0.05, 0.1) is 10.5 Å². The van der Waals surface area contributed by atoms with Crippen LogP contribution in [0.4, 0.5) is 5.69 Å². The number of thiol groups is 1. The van der Waals surface area contributed by atoms with E-state index in [0.29, 0.717) is 23.4 Å². The maximum absolute atomic E-state index is 11.9. The van der Waals surface area contributed by atoms with Crippen LogP contribution in [0.25, 0.3) is 0 Å². The van der Waals surface area contributed by atoms with Crippen molar-refractivity contribution in [3.05, 3.63) is 69.8 Å². The van der Waals surface area contributed by atoms with Crippen LogP contribution in [0.15, 0.2) is 53.4 Å². The molecule has 0 aromatic heterocycles. The fraction of sp³-hybridized carbons (Fsp3) is 0.133. The third-order valence-electron chi connectivity index (χ3n) is 3.00. The molecule has 2 rings (SSSR count). The number of non-ortho nitro benzene ring substituents is 1. The van der Waals surface area contributed by atoms with Crippen LogP contribution in [0.1, 0.15) is 15.9 Å². The molecule has 0 aliphatic heterocycles. The molecule has 0 fully saturated rings. The lowest BCUT2D eigenvalue weighted by Gasteiger charge is -2.07.